The second-order valence-corrected chi connectivity index (χ2v) is 25.2. The SMILES string of the molecule is CC/C=C\C/C=C\C/C=C\C/C=C\C/C=C\C/C=C\CCCCC(=O)OCC(O)COP(=O)(O)OCC(O)COP(=O)(O)OCC(COC(=O)CCCCCCCCCCCCCCCCC)OC(=O)CCCCCCCCCCCCCCC. The molecule has 0 radical (unpaired) electrons. The monoisotopic (exact) mass is 1240 g/mol. The predicted molar refractivity (Wildman–Crippen MR) is 344 cm³/mol. The molecule has 0 aliphatic rings. The van der Waals surface area contributed by atoms with Crippen LogP contribution in [0.4, 0.5) is 0 Å². The molecule has 5 unspecified atom stereocenters. The highest BCUT2D eigenvalue weighted by atomic mass is 31.2. The van der Waals surface area contributed by atoms with Crippen molar-refractivity contribution in [2.24, 2.45) is 0 Å². The van der Waals surface area contributed by atoms with Gasteiger partial charge in [0, 0.05) is 19.3 Å². The van der Waals surface area contributed by atoms with Crippen LogP contribution in [-0.2, 0) is 55.8 Å². The first-order valence-corrected chi connectivity index (χ1v) is 36.2. The Hall–Kier alpha value is -3.01. The van der Waals surface area contributed by atoms with Gasteiger partial charge in [-0.25, -0.2) is 9.13 Å². The minimum Gasteiger partial charge on any atom is -0.463 e. The second kappa shape index (κ2) is 61.2. The molecule has 0 heterocycles. The topological polar surface area (TPSA) is 231 Å². The maximum Gasteiger partial charge on any atom is 0.472 e. The molecule has 0 saturated heterocycles. The standard InChI is InChI=1S/C67H120O16P2/c1-4-7-10-13-16-19-22-25-27-28-29-30-31-32-34-37-38-41-44-47-50-53-65(70)77-56-62(68)57-79-84(73,74)80-58-63(69)59-81-85(75,76)82-61-64(83-67(72)55-52-49-46-43-40-35-24-21-18-15-12-9-6-3)60-78-66(71)54-51-48-45-42-39-36-33-26-23-20-17-14-11-8-5-2/h7,10,16,19,25,27,29-30,32,34,38,41,62-64,68-69H,4-6,8-9,11-15,17-18,20-24,26,28,31,33,35-37,39-40,42-61H2,1-3H3,(H,73,74)(H,75,76)/b10-7-,19-16-,27-25-,30-29-,34-32-,41-38-. The summed E-state index contributed by atoms with van der Waals surface area (Å²) in [5.41, 5.74) is 0. The van der Waals surface area contributed by atoms with Gasteiger partial charge >= 0.3 is 33.6 Å². The largest absolute Gasteiger partial charge is 0.472 e. The number of phosphoric acid groups is 2. The number of allylic oxidation sites excluding steroid dienone is 12. The fourth-order valence-electron chi connectivity index (χ4n) is 8.87. The van der Waals surface area contributed by atoms with Gasteiger partial charge in [-0.05, 0) is 70.6 Å². The summed E-state index contributed by atoms with van der Waals surface area (Å²) in [7, 11) is -9.77. The molecule has 0 fully saturated rings. The van der Waals surface area contributed by atoms with E-state index >= 15 is 0 Å². The second-order valence-electron chi connectivity index (χ2n) is 22.3. The molecule has 0 bridgehead atoms. The molecule has 0 aliphatic carbocycles. The maximum absolute atomic E-state index is 12.9. The van der Waals surface area contributed by atoms with Crippen LogP contribution in [0.1, 0.15) is 278 Å². The Kier molecular flexibility index (Phi) is 59.1. The smallest absolute Gasteiger partial charge is 0.463 e. The highest BCUT2D eigenvalue weighted by Crippen LogP contribution is 2.45. The average Bonchev–Trinajstić information content (AvgIpc) is 3.51. The molecule has 5 atom stereocenters. The Morgan fingerprint density at radius 2 is 0.624 bits per heavy atom. The fraction of sp³-hybridized carbons (Fsp3) is 0.776. The van der Waals surface area contributed by atoms with Crippen molar-refractivity contribution in [3.05, 3.63) is 72.9 Å². The van der Waals surface area contributed by atoms with Crippen molar-refractivity contribution in [1.82, 2.24) is 0 Å². The van der Waals surface area contributed by atoms with E-state index in [1.807, 2.05) is 0 Å². The van der Waals surface area contributed by atoms with Crippen LogP contribution in [0.3, 0.4) is 0 Å². The fourth-order valence-corrected chi connectivity index (χ4v) is 10.5. The van der Waals surface area contributed by atoms with Gasteiger partial charge in [0.15, 0.2) is 6.10 Å². The number of carbonyl (C=O) groups excluding carboxylic acids is 3. The van der Waals surface area contributed by atoms with Crippen molar-refractivity contribution in [2.45, 2.75) is 296 Å². The van der Waals surface area contributed by atoms with E-state index in [1.165, 1.54) is 122 Å². The number of phosphoric ester groups is 2. The summed E-state index contributed by atoms with van der Waals surface area (Å²) in [6.45, 7) is 2.53. The van der Waals surface area contributed by atoms with Crippen LogP contribution in [0.25, 0.3) is 0 Å². The molecular weight excluding hydrogens is 1120 g/mol. The van der Waals surface area contributed by atoms with Crippen LogP contribution >= 0.6 is 15.6 Å². The number of ether oxygens (including phenoxy) is 3. The molecule has 0 saturated carbocycles. The van der Waals surface area contributed by atoms with Crippen molar-refractivity contribution in [2.75, 3.05) is 39.6 Å². The first-order chi connectivity index (χ1) is 41.2. The molecule has 0 spiro atoms. The molecule has 4 N–H and O–H groups in total. The summed E-state index contributed by atoms with van der Waals surface area (Å²) in [6.07, 6.45) is 62.4. The molecule has 16 nitrogen and oxygen atoms in total. The first kappa shape index (κ1) is 82.0. The maximum atomic E-state index is 12.9. The van der Waals surface area contributed by atoms with Crippen molar-refractivity contribution in [1.29, 1.82) is 0 Å². The van der Waals surface area contributed by atoms with E-state index in [1.54, 1.807) is 0 Å². The van der Waals surface area contributed by atoms with Gasteiger partial charge in [0.1, 0.15) is 25.4 Å². The van der Waals surface area contributed by atoms with Crippen LogP contribution in [0.15, 0.2) is 72.9 Å². The van der Waals surface area contributed by atoms with Gasteiger partial charge in [-0.15, -0.1) is 0 Å². The zero-order valence-corrected chi connectivity index (χ0v) is 55.1. The molecule has 0 aromatic heterocycles. The number of esters is 3. The molecule has 0 aromatic carbocycles. The lowest BCUT2D eigenvalue weighted by atomic mass is 10.0. The van der Waals surface area contributed by atoms with Crippen molar-refractivity contribution >= 4 is 33.6 Å². The zero-order valence-electron chi connectivity index (χ0n) is 53.3. The molecule has 0 rings (SSSR count). The molecule has 0 aliphatic heterocycles. The lowest BCUT2D eigenvalue weighted by Crippen LogP contribution is -2.30. The van der Waals surface area contributed by atoms with E-state index in [0.717, 1.165) is 96.3 Å². The normalized spacial score (nSPS) is 14.8. The lowest BCUT2D eigenvalue weighted by molar-refractivity contribution is -0.161. The zero-order chi connectivity index (χ0) is 62.4. The van der Waals surface area contributed by atoms with E-state index in [9.17, 15) is 43.5 Å². The van der Waals surface area contributed by atoms with E-state index in [-0.39, 0.29) is 19.3 Å². The van der Waals surface area contributed by atoms with Crippen LogP contribution < -0.4 is 0 Å². The van der Waals surface area contributed by atoms with Crippen LogP contribution in [0.5, 0.6) is 0 Å². The number of rotatable bonds is 63. The van der Waals surface area contributed by atoms with Gasteiger partial charge in [0.25, 0.3) is 0 Å². The minimum atomic E-state index is -4.92. The highest BCUT2D eigenvalue weighted by molar-refractivity contribution is 7.47. The first-order valence-electron chi connectivity index (χ1n) is 33.2. The summed E-state index contributed by atoms with van der Waals surface area (Å²) in [4.78, 5) is 58.2. The van der Waals surface area contributed by atoms with E-state index < -0.39 is 91.5 Å². The number of hydrogen-bond donors (Lipinski definition) is 4. The Balaban J connectivity index is 4.63. The van der Waals surface area contributed by atoms with Crippen molar-refractivity contribution in [3.63, 3.8) is 0 Å². The number of aliphatic hydroxyl groups is 2. The molecule has 85 heavy (non-hydrogen) atoms. The van der Waals surface area contributed by atoms with Crippen molar-refractivity contribution in [3.8, 4) is 0 Å². The summed E-state index contributed by atoms with van der Waals surface area (Å²) < 4.78 is 60.8. The average molecular weight is 1240 g/mol. The van der Waals surface area contributed by atoms with Crippen LogP contribution in [-0.4, -0.2) is 95.9 Å². The Morgan fingerprint density at radius 1 is 0.341 bits per heavy atom. The number of carbonyl (C=O) groups is 3. The summed E-state index contributed by atoms with van der Waals surface area (Å²) in [5.74, 6) is -1.60. The number of hydrogen-bond acceptors (Lipinski definition) is 14. The third kappa shape index (κ3) is 62.4. The van der Waals surface area contributed by atoms with Gasteiger partial charge in [0.05, 0.1) is 26.4 Å². The number of aliphatic hydroxyl groups excluding tert-OH is 2. The molecule has 494 valence electrons. The Morgan fingerprint density at radius 3 is 0.988 bits per heavy atom. The number of unbranched alkanes of at least 4 members (excludes halogenated alkanes) is 28. The summed E-state index contributed by atoms with van der Waals surface area (Å²) >= 11 is 0. The highest BCUT2D eigenvalue weighted by Gasteiger charge is 2.29. The van der Waals surface area contributed by atoms with E-state index in [0.29, 0.717) is 19.3 Å². The minimum absolute atomic E-state index is 0.110. The van der Waals surface area contributed by atoms with Crippen LogP contribution in [0.2, 0.25) is 0 Å². The third-order valence-corrected chi connectivity index (χ3v) is 15.8. The molecular formula is C67H120O16P2. The molecule has 0 aromatic rings. The van der Waals surface area contributed by atoms with Gasteiger partial charge in [0.2, 0.25) is 0 Å². The summed E-state index contributed by atoms with van der Waals surface area (Å²) in [6, 6.07) is 0. The Bertz CT molecular complexity index is 1850. The van der Waals surface area contributed by atoms with Gasteiger partial charge in [-0.2, -0.15) is 0 Å². The van der Waals surface area contributed by atoms with Gasteiger partial charge in [-0.1, -0.05) is 261 Å². The third-order valence-electron chi connectivity index (χ3n) is 13.9. The quantitative estimate of drug-likeness (QED) is 0.0146. The summed E-state index contributed by atoms with van der Waals surface area (Å²) in [5, 5.41) is 20.5. The van der Waals surface area contributed by atoms with Gasteiger partial charge < -0.3 is 34.2 Å². The molecule has 18 heteroatoms. The lowest BCUT2D eigenvalue weighted by Gasteiger charge is -2.21. The predicted octanol–water partition coefficient (Wildman–Crippen LogP) is 18.0. The van der Waals surface area contributed by atoms with Crippen LogP contribution in [0, 0.1) is 0 Å². The van der Waals surface area contributed by atoms with E-state index in [4.69, 9.17) is 32.3 Å². The van der Waals surface area contributed by atoms with Gasteiger partial charge in [-0.3, -0.25) is 32.5 Å². The van der Waals surface area contributed by atoms with Crippen molar-refractivity contribution < 1.29 is 75.8 Å². The molecule has 0 amide bonds. The Labute approximate surface area is 515 Å². The van der Waals surface area contributed by atoms with E-state index in [2.05, 4.69) is 93.7 Å².